The van der Waals surface area contributed by atoms with Crippen molar-refractivity contribution in [1.29, 1.82) is 0 Å². The molecule has 0 amide bonds. The first kappa shape index (κ1) is 14.7. The van der Waals surface area contributed by atoms with Crippen LogP contribution in [0.5, 0.6) is 5.75 Å². The largest absolute Gasteiger partial charge is 0.496 e. The van der Waals surface area contributed by atoms with Gasteiger partial charge in [-0.25, -0.2) is 8.42 Å². The summed E-state index contributed by atoms with van der Waals surface area (Å²) in [6.07, 6.45) is 0. The summed E-state index contributed by atoms with van der Waals surface area (Å²) < 4.78 is 32.2. The molecule has 4 nitrogen and oxygen atoms in total. The summed E-state index contributed by atoms with van der Waals surface area (Å²) in [5, 5.41) is 0.00630. The molecule has 0 N–H and O–H groups in total. The summed E-state index contributed by atoms with van der Waals surface area (Å²) in [5.41, 5.74) is 1.64. The van der Waals surface area contributed by atoms with Crippen molar-refractivity contribution >= 4 is 21.8 Å². The third kappa shape index (κ3) is 2.49. The van der Waals surface area contributed by atoms with E-state index < -0.39 is 10.0 Å². The normalized spacial score (nSPS) is 20.7. The van der Waals surface area contributed by atoms with Crippen LogP contribution < -0.4 is 4.74 Å². The van der Waals surface area contributed by atoms with E-state index in [1.54, 1.807) is 35.3 Å². The first-order chi connectivity index (χ1) is 8.89. The highest BCUT2D eigenvalue weighted by Gasteiger charge is 2.34. The molecule has 0 aliphatic carbocycles. The fraction of sp³-hybridized carbons (Fsp3) is 0.538. The minimum absolute atomic E-state index is 0.00630. The molecule has 0 saturated carbocycles. The van der Waals surface area contributed by atoms with Crippen LogP contribution in [0.1, 0.15) is 18.1 Å². The van der Waals surface area contributed by atoms with Gasteiger partial charge in [0.05, 0.1) is 17.4 Å². The van der Waals surface area contributed by atoms with Crippen molar-refractivity contribution in [3.63, 3.8) is 0 Å². The van der Waals surface area contributed by atoms with Gasteiger partial charge in [0.25, 0.3) is 0 Å². The molecule has 0 radical (unpaired) electrons. The number of sulfonamides is 1. The predicted molar refractivity (Wildman–Crippen MR) is 78.3 cm³/mol. The molecule has 1 unspecified atom stereocenters. The van der Waals surface area contributed by atoms with Gasteiger partial charge in [0, 0.05) is 12.3 Å². The monoisotopic (exact) mass is 301 g/mol. The Bertz CT molecular complexity index is 584. The van der Waals surface area contributed by atoms with Crippen molar-refractivity contribution in [2.24, 2.45) is 0 Å². The number of nitrogens with zero attached hydrogens (tertiary/aromatic N) is 1. The highest BCUT2D eigenvalue weighted by Crippen LogP contribution is 2.33. The molecular formula is C13H19NO3S2. The Labute approximate surface area is 119 Å². The lowest BCUT2D eigenvalue weighted by molar-refractivity contribution is 0.410. The molecule has 1 heterocycles. The molecule has 2 rings (SSSR count). The fourth-order valence-electron chi connectivity index (χ4n) is 2.29. The van der Waals surface area contributed by atoms with Crippen LogP contribution in [0, 0.1) is 13.8 Å². The summed E-state index contributed by atoms with van der Waals surface area (Å²) in [6.45, 7) is 6.23. The number of benzene rings is 1. The maximum Gasteiger partial charge on any atom is 0.244 e. The maximum absolute atomic E-state index is 12.7. The minimum Gasteiger partial charge on any atom is -0.496 e. The molecule has 0 bridgehead atoms. The Morgan fingerprint density at radius 2 is 2.00 bits per heavy atom. The second-order valence-corrected chi connectivity index (χ2v) is 7.88. The van der Waals surface area contributed by atoms with Crippen LogP contribution in [0.25, 0.3) is 0 Å². The topological polar surface area (TPSA) is 46.6 Å². The smallest absolute Gasteiger partial charge is 0.244 e. The highest BCUT2D eigenvalue weighted by atomic mass is 32.2. The van der Waals surface area contributed by atoms with Crippen molar-refractivity contribution < 1.29 is 13.2 Å². The number of hydrogen-bond donors (Lipinski definition) is 0. The fourth-order valence-corrected chi connectivity index (χ4v) is 5.60. The Hall–Kier alpha value is -0.720. The van der Waals surface area contributed by atoms with E-state index in [1.165, 1.54) is 0 Å². The number of thioether (sulfide) groups is 1. The van der Waals surface area contributed by atoms with E-state index >= 15 is 0 Å². The van der Waals surface area contributed by atoms with Gasteiger partial charge in [-0.05, 0) is 44.0 Å². The first-order valence-corrected chi connectivity index (χ1v) is 8.66. The zero-order chi connectivity index (χ0) is 14.2. The molecule has 0 spiro atoms. The summed E-state index contributed by atoms with van der Waals surface area (Å²) in [4.78, 5) is 0.389. The van der Waals surface area contributed by atoms with Crippen molar-refractivity contribution in [2.45, 2.75) is 31.0 Å². The SMILES string of the molecule is COc1ccc(S(=O)(=O)N2CCSC2C)c(C)c1C. The molecule has 1 aliphatic heterocycles. The Balaban J connectivity index is 2.50. The standard InChI is InChI=1S/C13H19NO3S2/c1-9-10(2)13(6-5-12(9)17-4)19(15,16)14-7-8-18-11(14)3/h5-6,11H,7-8H2,1-4H3. The van der Waals surface area contributed by atoms with Crippen molar-refractivity contribution in [3.8, 4) is 5.75 Å². The Kier molecular flexibility index (Phi) is 4.13. The molecular weight excluding hydrogens is 282 g/mol. The van der Waals surface area contributed by atoms with Crippen molar-refractivity contribution in [1.82, 2.24) is 4.31 Å². The van der Waals surface area contributed by atoms with Crippen LogP contribution in [0.4, 0.5) is 0 Å². The molecule has 1 aromatic carbocycles. The van der Waals surface area contributed by atoms with Gasteiger partial charge in [0.15, 0.2) is 0 Å². The predicted octanol–water partition coefficient (Wildman–Crippen LogP) is 2.40. The third-order valence-corrected chi connectivity index (χ3v) is 6.97. The lowest BCUT2D eigenvalue weighted by Gasteiger charge is -2.22. The average Bonchev–Trinajstić information content (AvgIpc) is 2.79. The lowest BCUT2D eigenvalue weighted by atomic mass is 10.1. The molecule has 1 aliphatic rings. The van der Waals surface area contributed by atoms with E-state index in [4.69, 9.17) is 4.74 Å². The van der Waals surface area contributed by atoms with E-state index in [9.17, 15) is 8.42 Å². The lowest BCUT2D eigenvalue weighted by Crippen LogP contribution is -2.33. The third-order valence-electron chi connectivity index (χ3n) is 3.57. The van der Waals surface area contributed by atoms with Gasteiger partial charge in [-0.1, -0.05) is 0 Å². The van der Waals surface area contributed by atoms with E-state index in [1.807, 2.05) is 20.8 Å². The van der Waals surface area contributed by atoms with Crippen LogP contribution in [-0.4, -0.2) is 37.5 Å². The zero-order valence-corrected chi connectivity index (χ0v) is 13.3. The quantitative estimate of drug-likeness (QED) is 0.860. The second-order valence-electron chi connectivity index (χ2n) is 4.60. The van der Waals surface area contributed by atoms with E-state index in [2.05, 4.69) is 0 Å². The molecule has 1 saturated heterocycles. The average molecular weight is 301 g/mol. The van der Waals surface area contributed by atoms with Gasteiger partial charge >= 0.3 is 0 Å². The van der Waals surface area contributed by atoms with E-state index in [0.717, 1.165) is 22.6 Å². The second kappa shape index (κ2) is 5.34. The molecule has 0 aromatic heterocycles. The van der Waals surface area contributed by atoms with Crippen LogP contribution in [0.3, 0.4) is 0 Å². The van der Waals surface area contributed by atoms with Gasteiger partial charge in [-0.15, -0.1) is 11.8 Å². The summed E-state index contributed by atoms with van der Waals surface area (Å²) in [5.74, 6) is 1.58. The first-order valence-electron chi connectivity index (χ1n) is 6.17. The minimum atomic E-state index is -3.41. The Morgan fingerprint density at radius 1 is 1.32 bits per heavy atom. The molecule has 106 valence electrons. The van der Waals surface area contributed by atoms with Gasteiger partial charge in [-0.3, -0.25) is 0 Å². The van der Waals surface area contributed by atoms with Gasteiger partial charge in [0.2, 0.25) is 10.0 Å². The summed E-state index contributed by atoms with van der Waals surface area (Å²) >= 11 is 1.67. The zero-order valence-electron chi connectivity index (χ0n) is 11.6. The van der Waals surface area contributed by atoms with Crippen molar-refractivity contribution in [2.75, 3.05) is 19.4 Å². The molecule has 6 heteroatoms. The number of hydrogen-bond acceptors (Lipinski definition) is 4. The van der Waals surface area contributed by atoms with E-state index in [0.29, 0.717) is 11.4 Å². The van der Waals surface area contributed by atoms with Gasteiger partial charge in [-0.2, -0.15) is 4.31 Å². The summed E-state index contributed by atoms with van der Waals surface area (Å²) in [6, 6.07) is 3.37. The number of methoxy groups -OCH3 is 1. The van der Waals surface area contributed by atoms with Crippen LogP contribution in [0.15, 0.2) is 17.0 Å². The Morgan fingerprint density at radius 3 is 2.53 bits per heavy atom. The molecule has 19 heavy (non-hydrogen) atoms. The molecule has 1 atom stereocenters. The molecule has 1 aromatic rings. The van der Waals surface area contributed by atoms with Gasteiger partial charge in [0.1, 0.15) is 5.75 Å². The highest BCUT2D eigenvalue weighted by molar-refractivity contribution is 8.01. The number of ether oxygens (including phenoxy) is 1. The number of rotatable bonds is 3. The van der Waals surface area contributed by atoms with E-state index in [-0.39, 0.29) is 5.37 Å². The van der Waals surface area contributed by atoms with Crippen LogP contribution >= 0.6 is 11.8 Å². The molecule has 1 fully saturated rings. The van der Waals surface area contributed by atoms with Gasteiger partial charge < -0.3 is 4.74 Å². The van der Waals surface area contributed by atoms with Crippen LogP contribution in [-0.2, 0) is 10.0 Å². The van der Waals surface area contributed by atoms with Crippen molar-refractivity contribution in [3.05, 3.63) is 23.3 Å². The maximum atomic E-state index is 12.7. The van der Waals surface area contributed by atoms with Crippen LogP contribution in [0.2, 0.25) is 0 Å². The summed E-state index contributed by atoms with van der Waals surface area (Å²) in [7, 11) is -1.82.